The molecule has 0 bridgehead atoms. The molecule has 0 fully saturated rings. The van der Waals surface area contributed by atoms with E-state index in [0.29, 0.717) is 11.4 Å². The quantitative estimate of drug-likeness (QED) is 0.529. The number of sulfonamides is 1. The Balaban J connectivity index is 1.91. The first kappa shape index (κ1) is 17.6. The predicted octanol–water partition coefficient (Wildman–Crippen LogP) is 3.03. The summed E-state index contributed by atoms with van der Waals surface area (Å²) >= 11 is 0. The van der Waals surface area contributed by atoms with Crippen LogP contribution in [-0.4, -0.2) is 23.1 Å². The van der Waals surface area contributed by atoms with Crippen LogP contribution in [0.3, 0.4) is 0 Å². The van der Waals surface area contributed by atoms with Crippen molar-refractivity contribution in [3.8, 4) is 5.69 Å². The molecule has 1 heterocycles. The fourth-order valence-corrected chi connectivity index (χ4v) is 3.74. The van der Waals surface area contributed by atoms with E-state index in [1.807, 2.05) is 18.2 Å². The Morgan fingerprint density at radius 1 is 1.12 bits per heavy atom. The van der Waals surface area contributed by atoms with Gasteiger partial charge in [0.25, 0.3) is 5.69 Å². The summed E-state index contributed by atoms with van der Waals surface area (Å²) in [6.45, 7) is 1.75. The number of nitrogens with zero attached hydrogens (tertiary/aromatic N) is 3. The van der Waals surface area contributed by atoms with Crippen molar-refractivity contribution in [3.63, 3.8) is 0 Å². The van der Waals surface area contributed by atoms with Gasteiger partial charge >= 0.3 is 0 Å². The Labute approximate surface area is 150 Å². The van der Waals surface area contributed by atoms with Crippen LogP contribution in [0.5, 0.6) is 0 Å². The molecule has 0 amide bonds. The number of nitro groups is 1. The first-order valence-corrected chi connectivity index (χ1v) is 9.36. The van der Waals surface area contributed by atoms with Crippen molar-refractivity contribution in [3.05, 3.63) is 82.0 Å². The predicted molar refractivity (Wildman–Crippen MR) is 97.6 cm³/mol. The topological polar surface area (TPSA) is 107 Å². The van der Waals surface area contributed by atoms with Crippen molar-refractivity contribution in [1.29, 1.82) is 0 Å². The smallest absolute Gasteiger partial charge is 0.267 e. The summed E-state index contributed by atoms with van der Waals surface area (Å²) in [4.78, 5) is 10.5. The molecule has 0 spiro atoms. The molecule has 0 saturated heterocycles. The molecule has 0 atom stereocenters. The molecule has 1 aromatic heterocycles. The summed E-state index contributed by atoms with van der Waals surface area (Å²) in [5.74, 6) is -0.240. The fraction of sp³-hybridized carbons (Fsp3) is 0.118. The van der Waals surface area contributed by atoms with Gasteiger partial charge in [-0.25, -0.2) is 13.1 Å². The fourth-order valence-electron chi connectivity index (χ4n) is 2.55. The SMILES string of the molecule is Cc1cc(NS(=O)(=O)Cc2ccccc2[N+](=O)[O-])n(-c2ccccc2)n1. The summed E-state index contributed by atoms with van der Waals surface area (Å²) < 4.78 is 29.1. The molecule has 26 heavy (non-hydrogen) atoms. The summed E-state index contributed by atoms with van der Waals surface area (Å²) in [5.41, 5.74) is 1.22. The van der Waals surface area contributed by atoms with Gasteiger partial charge in [-0.05, 0) is 19.1 Å². The van der Waals surface area contributed by atoms with E-state index in [-0.39, 0.29) is 17.1 Å². The molecule has 0 radical (unpaired) electrons. The minimum absolute atomic E-state index is 0.118. The number of anilines is 1. The lowest BCUT2D eigenvalue weighted by atomic mass is 10.2. The summed E-state index contributed by atoms with van der Waals surface area (Å²) in [5, 5.41) is 15.4. The lowest BCUT2D eigenvalue weighted by Crippen LogP contribution is -2.18. The lowest BCUT2D eigenvalue weighted by molar-refractivity contribution is -0.385. The van der Waals surface area contributed by atoms with Crippen LogP contribution in [0, 0.1) is 17.0 Å². The van der Waals surface area contributed by atoms with Crippen molar-refractivity contribution >= 4 is 21.5 Å². The van der Waals surface area contributed by atoms with Gasteiger partial charge in [-0.2, -0.15) is 5.10 Å². The van der Waals surface area contributed by atoms with Gasteiger partial charge in [0.05, 0.1) is 16.3 Å². The molecule has 8 nitrogen and oxygen atoms in total. The Hall–Kier alpha value is -3.20. The maximum atomic E-state index is 12.6. The van der Waals surface area contributed by atoms with Gasteiger partial charge in [-0.1, -0.05) is 36.4 Å². The van der Waals surface area contributed by atoms with E-state index < -0.39 is 20.7 Å². The zero-order chi connectivity index (χ0) is 18.7. The number of nitro benzene ring substituents is 1. The highest BCUT2D eigenvalue weighted by Crippen LogP contribution is 2.23. The number of aryl methyl sites for hydroxylation is 1. The molecule has 1 N–H and O–H groups in total. The number of hydrogen-bond acceptors (Lipinski definition) is 5. The highest BCUT2D eigenvalue weighted by atomic mass is 32.2. The molecule has 9 heteroatoms. The maximum Gasteiger partial charge on any atom is 0.273 e. The minimum Gasteiger partial charge on any atom is -0.267 e. The van der Waals surface area contributed by atoms with Crippen LogP contribution in [0.1, 0.15) is 11.3 Å². The van der Waals surface area contributed by atoms with Gasteiger partial charge in [0, 0.05) is 17.7 Å². The average Bonchev–Trinajstić information content (AvgIpc) is 2.95. The van der Waals surface area contributed by atoms with Crippen LogP contribution in [0.2, 0.25) is 0 Å². The number of aromatic nitrogens is 2. The highest BCUT2D eigenvalue weighted by molar-refractivity contribution is 7.91. The van der Waals surface area contributed by atoms with Crippen molar-refractivity contribution in [2.75, 3.05) is 4.72 Å². The molecule has 3 aromatic rings. The summed E-state index contributed by atoms with van der Waals surface area (Å²) in [7, 11) is -3.88. The molecule has 0 aliphatic rings. The van der Waals surface area contributed by atoms with Gasteiger partial charge in [0.2, 0.25) is 10.0 Å². The summed E-state index contributed by atoms with van der Waals surface area (Å²) in [6, 6.07) is 16.4. The number of nitrogens with one attached hydrogen (secondary N) is 1. The van der Waals surface area contributed by atoms with Crippen molar-refractivity contribution < 1.29 is 13.3 Å². The normalized spacial score (nSPS) is 11.3. The highest BCUT2D eigenvalue weighted by Gasteiger charge is 2.21. The zero-order valence-electron chi connectivity index (χ0n) is 13.9. The van der Waals surface area contributed by atoms with Crippen molar-refractivity contribution in [1.82, 2.24) is 9.78 Å². The monoisotopic (exact) mass is 372 g/mol. The molecule has 0 aliphatic carbocycles. The standard InChI is InChI=1S/C17H16N4O4S/c1-13-11-17(20(18-13)15-8-3-2-4-9-15)19-26(24,25)12-14-7-5-6-10-16(14)21(22)23/h2-11,19H,12H2,1H3. The van der Waals surface area contributed by atoms with E-state index in [0.717, 1.165) is 0 Å². The third-order valence-electron chi connectivity index (χ3n) is 3.63. The molecule has 0 saturated carbocycles. The van der Waals surface area contributed by atoms with Gasteiger partial charge < -0.3 is 0 Å². The lowest BCUT2D eigenvalue weighted by Gasteiger charge is -2.10. The Morgan fingerprint density at radius 2 is 1.77 bits per heavy atom. The number of hydrogen-bond donors (Lipinski definition) is 1. The Kier molecular flexibility index (Phi) is 4.72. The van der Waals surface area contributed by atoms with Crippen LogP contribution in [0.4, 0.5) is 11.5 Å². The molecular formula is C17H16N4O4S. The number of benzene rings is 2. The van der Waals surface area contributed by atoms with Crippen LogP contribution in [0.25, 0.3) is 5.69 Å². The van der Waals surface area contributed by atoms with Crippen LogP contribution < -0.4 is 4.72 Å². The number of rotatable bonds is 6. The van der Waals surface area contributed by atoms with E-state index in [2.05, 4.69) is 9.82 Å². The zero-order valence-corrected chi connectivity index (χ0v) is 14.7. The first-order valence-electron chi connectivity index (χ1n) is 7.70. The molecule has 0 aliphatic heterocycles. The van der Waals surface area contributed by atoms with E-state index in [4.69, 9.17) is 0 Å². The maximum absolute atomic E-state index is 12.6. The van der Waals surface area contributed by atoms with Crippen LogP contribution in [0.15, 0.2) is 60.7 Å². The third-order valence-corrected chi connectivity index (χ3v) is 4.84. The van der Waals surface area contributed by atoms with Gasteiger partial charge in [0.15, 0.2) is 0 Å². The summed E-state index contributed by atoms with van der Waals surface area (Å²) in [6.07, 6.45) is 0. The van der Waals surface area contributed by atoms with Crippen molar-refractivity contribution in [2.45, 2.75) is 12.7 Å². The second kappa shape index (κ2) is 6.96. The molecular weight excluding hydrogens is 356 g/mol. The largest absolute Gasteiger partial charge is 0.273 e. The minimum atomic E-state index is -3.88. The van der Waals surface area contributed by atoms with Crippen molar-refractivity contribution in [2.24, 2.45) is 0 Å². The second-order valence-electron chi connectivity index (χ2n) is 5.67. The molecule has 134 valence electrons. The van der Waals surface area contributed by atoms with E-state index in [1.54, 1.807) is 31.2 Å². The Morgan fingerprint density at radius 3 is 2.46 bits per heavy atom. The van der Waals surface area contributed by atoms with Crippen LogP contribution in [-0.2, 0) is 15.8 Å². The first-order chi connectivity index (χ1) is 12.4. The number of para-hydroxylation sites is 2. The molecule has 0 unspecified atom stereocenters. The second-order valence-corrected chi connectivity index (χ2v) is 7.39. The van der Waals surface area contributed by atoms with E-state index >= 15 is 0 Å². The van der Waals surface area contributed by atoms with Gasteiger partial charge in [-0.3, -0.25) is 14.8 Å². The molecule has 3 rings (SSSR count). The average molecular weight is 372 g/mol. The van der Waals surface area contributed by atoms with Gasteiger partial charge in [-0.15, -0.1) is 0 Å². The Bertz CT molecular complexity index is 1050. The molecule has 2 aromatic carbocycles. The van der Waals surface area contributed by atoms with E-state index in [9.17, 15) is 18.5 Å². The third kappa shape index (κ3) is 3.89. The van der Waals surface area contributed by atoms with Gasteiger partial charge in [0.1, 0.15) is 11.6 Å². The van der Waals surface area contributed by atoms with E-state index in [1.165, 1.54) is 22.9 Å². The van der Waals surface area contributed by atoms with Crippen LogP contribution >= 0.6 is 0 Å².